The minimum absolute atomic E-state index is 0.0464. The molecule has 3 nitrogen and oxygen atoms in total. The Labute approximate surface area is 99.0 Å². The van der Waals surface area contributed by atoms with Crippen molar-refractivity contribution < 1.29 is 23.1 Å². The van der Waals surface area contributed by atoms with Crippen LogP contribution in [0.3, 0.4) is 0 Å². The quantitative estimate of drug-likeness (QED) is 0.813. The monoisotopic (exact) mass is 263 g/mol. The lowest BCUT2D eigenvalue weighted by atomic mass is 10.1. The van der Waals surface area contributed by atoms with E-state index in [2.05, 4.69) is 5.32 Å². The highest BCUT2D eigenvalue weighted by molar-refractivity contribution is 8.01. The van der Waals surface area contributed by atoms with E-state index in [9.17, 15) is 23.1 Å². The Bertz CT molecular complexity index is 449. The van der Waals surface area contributed by atoms with Gasteiger partial charge in [0.05, 0.1) is 5.56 Å². The second kappa shape index (κ2) is 4.23. The van der Waals surface area contributed by atoms with E-state index in [-0.39, 0.29) is 5.56 Å². The van der Waals surface area contributed by atoms with Gasteiger partial charge >= 0.3 is 6.18 Å². The third-order valence-corrected chi connectivity index (χ3v) is 3.43. The van der Waals surface area contributed by atoms with Crippen molar-refractivity contribution in [1.82, 2.24) is 5.32 Å². The molecular formula is C10H8F3NO2S. The van der Waals surface area contributed by atoms with Gasteiger partial charge in [0, 0.05) is 0 Å². The Balaban J connectivity index is 2.37. The van der Waals surface area contributed by atoms with Crippen LogP contribution >= 0.6 is 11.8 Å². The Morgan fingerprint density at radius 2 is 1.94 bits per heavy atom. The lowest BCUT2D eigenvalue weighted by Crippen LogP contribution is -2.24. The molecule has 7 heteroatoms. The molecule has 2 atom stereocenters. The summed E-state index contributed by atoms with van der Waals surface area (Å²) in [7, 11) is 0. The molecule has 2 rings (SSSR count). The van der Waals surface area contributed by atoms with Crippen molar-refractivity contribution in [3.05, 3.63) is 35.4 Å². The molecule has 17 heavy (non-hydrogen) atoms. The summed E-state index contributed by atoms with van der Waals surface area (Å²) in [6.07, 6.45) is -4.48. The molecule has 0 aliphatic carbocycles. The van der Waals surface area contributed by atoms with Crippen LogP contribution in [0.1, 0.15) is 16.5 Å². The van der Waals surface area contributed by atoms with Crippen molar-refractivity contribution in [1.29, 1.82) is 0 Å². The molecule has 1 amide bonds. The Hall–Kier alpha value is -1.21. The maximum atomic E-state index is 12.7. The average molecular weight is 263 g/mol. The number of rotatable bonds is 1. The molecular weight excluding hydrogens is 255 g/mol. The summed E-state index contributed by atoms with van der Waals surface area (Å²) in [6.45, 7) is 0. The highest BCUT2D eigenvalue weighted by atomic mass is 32.2. The fourth-order valence-corrected chi connectivity index (χ4v) is 2.55. The number of benzene rings is 1. The van der Waals surface area contributed by atoms with Crippen molar-refractivity contribution in [2.24, 2.45) is 0 Å². The third kappa shape index (κ3) is 2.39. The van der Waals surface area contributed by atoms with Crippen LogP contribution in [0.15, 0.2) is 24.3 Å². The van der Waals surface area contributed by atoms with E-state index in [1.807, 2.05) is 0 Å². The van der Waals surface area contributed by atoms with Gasteiger partial charge in [-0.2, -0.15) is 13.2 Å². The normalized spacial score (nSPS) is 24.8. The summed E-state index contributed by atoms with van der Waals surface area (Å²) in [5, 5.41) is 10.6. The largest absolute Gasteiger partial charge is 0.416 e. The molecule has 0 radical (unpaired) electrons. The number of nitrogens with one attached hydrogen (secondary N) is 1. The number of aliphatic hydroxyl groups excluding tert-OH is 1. The molecule has 2 unspecified atom stereocenters. The first-order valence-electron chi connectivity index (χ1n) is 4.69. The highest BCUT2D eigenvalue weighted by Gasteiger charge is 2.39. The molecule has 0 bridgehead atoms. The van der Waals surface area contributed by atoms with Gasteiger partial charge in [-0.15, -0.1) is 0 Å². The van der Waals surface area contributed by atoms with Crippen molar-refractivity contribution in [2.75, 3.05) is 0 Å². The minimum Gasteiger partial charge on any atom is -0.373 e. The lowest BCUT2D eigenvalue weighted by molar-refractivity contribution is -0.138. The van der Waals surface area contributed by atoms with Gasteiger partial charge in [-0.3, -0.25) is 4.79 Å². The fourth-order valence-electron chi connectivity index (χ4n) is 1.56. The Morgan fingerprint density at radius 1 is 1.29 bits per heavy atom. The zero-order valence-corrected chi connectivity index (χ0v) is 9.18. The van der Waals surface area contributed by atoms with Crippen molar-refractivity contribution >= 4 is 17.7 Å². The predicted molar refractivity (Wildman–Crippen MR) is 55.9 cm³/mol. The number of aliphatic hydroxyl groups is 1. The number of carbonyl (C=O) groups excluding carboxylic acids is 1. The zero-order chi connectivity index (χ0) is 12.6. The van der Waals surface area contributed by atoms with Gasteiger partial charge in [-0.25, -0.2) is 0 Å². The minimum atomic E-state index is -4.48. The van der Waals surface area contributed by atoms with E-state index in [0.29, 0.717) is 0 Å². The lowest BCUT2D eigenvalue weighted by Gasteiger charge is -2.16. The van der Waals surface area contributed by atoms with Crippen molar-refractivity contribution in [3.8, 4) is 0 Å². The highest BCUT2D eigenvalue weighted by Crippen LogP contribution is 2.41. The Kier molecular flexibility index (Phi) is 3.05. The number of amides is 1. The molecule has 1 aliphatic heterocycles. The SMILES string of the molecule is O=C1NC(c2ccccc2C(F)(F)F)SC1O. The molecule has 1 aliphatic rings. The van der Waals surface area contributed by atoms with Crippen LogP contribution in [0.25, 0.3) is 0 Å². The van der Waals surface area contributed by atoms with E-state index in [1.54, 1.807) is 0 Å². The third-order valence-electron chi connectivity index (χ3n) is 2.31. The average Bonchev–Trinajstić information content (AvgIpc) is 2.58. The molecule has 0 aromatic heterocycles. The van der Waals surface area contributed by atoms with Gasteiger partial charge in [0.15, 0.2) is 5.44 Å². The molecule has 92 valence electrons. The molecule has 1 aromatic rings. The van der Waals surface area contributed by atoms with Gasteiger partial charge in [0.25, 0.3) is 5.91 Å². The van der Waals surface area contributed by atoms with E-state index in [1.165, 1.54) is 18.2 Å². The second-order valence-electron chi connectivity index (χ2n) is 3.46. The van der Waals surface area contributed by atoms with E-state index < -0.39 is 28.5 Å². The number of thioether (sulfide) groups is 1. The molecule has 1 heterocycles. The molecule has 1 fully saturated rings. The zero-order valence-electron chi connectivity index (χ0n) is 8.36. The van der Waals surface area contributed by atoms with E-state index in [0.717, 1.165) is 17.8 Å². The van der Waals surface area contributed by atoms with Crippen LogP contribution in [0.5, 0.6) is 0 Å². The molecule has 1 saturated heterocycles. The number of alkyl halides is 3. The van der Waals surface area contributed by atoms with Crippen LogP contribution in [0.4, 0.5) is 13.2 Å². The summed E-state index contributed by atoms with van der Waals surface area (Å²) in [4.78, 5) is 11.1. The van der Waals surface area contributed by atoms with Crippen LogP contribution < -0.4 is 5.32 Å². The van der Waals surface area contributed by atoms with Crippen molar-refractivity contribution in [2.45, 2.75) is 17.0 Å². The van der Waals surface area contributed by atoms with Crippen LogP contribution in [0.2, 0.25) is 0 Å². The topological polar surface area (TPSA) is 49.3 Å². The maximum absolute atomic E-state index is 12.7. The summed E-state index contributed by atoms with van der Waals surface area (Å²) in [5.74, 6) is -0.669. The summed E-state index contributed by atoms with van der Waals surface area (Å²) < 4.78 is 38.1. The smallest absolute Gasteiger partial charge is 0.373 e. The Morgan fingerprint density at radius 3 is 2.47 bits per heavy atom. The van der Waals surface area contributed by atoms with Crippen LogP contribution in [0, 0.1) is 0 Å². The predicted octanol–water partition coefficient (Wildman–Crippen LogP) is 1.89. The molecule has 0 saturated carbocycles. The van der Waals surface area contributed by atoms with Crippen LogP contribution in [-0.4, -0.2) is 16.4 Å². The molecule has 0 spiro atoms. The first-order chi connectivity index (χ1) is 7.89. The summed E-state index contributed by atoms with van der Waals surface area (Å²) in [6, 6.07) is 4.98. The first kappa shape index (κ1) is 12.3. The number of hydrogen-bond acceptors (Lipinski definition) is 3. The van der Waals surface area contributed by atoms with Gasteiger partial charge in [-0.1, -0.05) is 30.0 Å². The van der Waals surface area contributed by atoms with E-state index in [4.69, 9.17) is 0 Å². The van der Waals surface area contributed by atoms with Crippen molar-refractivity contribution in [3.63, 3.8) is 0 Å². The summed E-state index contributed by atoms with van der Waals surface area (Å²) >= 11 is 0.752. The number of hydrogen-bond donors (Lipinski definition) is 2. The standard InChI is InChI=1S/C10H8F3NO2S/c11-10(12,13)6-4-2-1-3-5(6)8-14-7(15)9(16)17-8/h1-4,8-9,16H,(H,14,15). The van der Waals surface area contributed by atoms with Gasteiger partial charge in [-0.05, 0) is 11.6 Å². The fraction of sp³-hybridized carbons (Fsp3) is 0.300. The van der Waals surface area contributed by atoms with Crippen LogP contribution in [-0.2, 0) is 11.0 Å². The van der Waals surface area contributed by atoms with Gasteiger partial charge in [0.1, 0.15) is 5.37 Å². The number of carbonyl (C=O) groups is 1. The first-order valence-corrected chi connectivity index (χ1v) is 5.64. The molecule has 1 aromatic carbocycles. The summed E-state index contributed by atoms with van der Waals surface area (Å²) in [5.41, 5.74) is -2.16. The number of halogens is 3. The van der Waals surface area contributed by atoms with Gasteiger partial charge < -0.3 is 10.4 Å². The van der Waals surface area contributed by atoms with E-state index >= 15 is 0 Å². The van der Waals surface area contributed by atoms with Gasteiger partial charge in [0.2, 0.25) is 0 Å². The second-order valence-corrected chi connectivity index (χ2v) is 4.65. The molecule has 2 N–H and O–H groups in total. The maximum Gasteiger partial charge on any atom is 0.416 e.